The van der Waals surface area contributed by atoms with Crippen LogP contribution in [0.1, 0.15) is 12.5 Å². The number of hydrogen-bond donors (Lipinski definition) is 1. The first-order chi connectivity index (χ1) is 9.84. The molecular formula is C12H16BrN5O2S. The van der Waals surface area contributed by atoms with Gasteiger partial charge in [-0.2, -0.15) is 0 Å². The molecule has 1 aromatic carbocycles. The summed E-state index contributed by atoms with van der Waals surface area (Å²) in [5.74, 6) is 0.615. The summed E-state index contributed by atoms with van der Waals surface area (Å²) in [5.41, 5.74) is 8.19. The van der Waals surface area contributed by atoms with E-state index in [1.807, 2.05) is 13.0 Å². The number of hydrogen-bond acceptors (Lipinski definition) is 6. The number of nitrogen functional groups attached to an aromatic ring is 1. The van der Waals surface area contributed by atoms with Crippen molar-refractivity contribution in [3.63, 3.8) is 0 Å². The number of sulfone groups is 1. The first kappa shape index (κ1) is 15.9. The second-order valence-electron chi connectivity index (χ2n) is 4.63. The van der Waals surface area contributed by atoms with E-state index in [9.17, 15) is 8.42 Å². The molecule has 21 heavy (non-hydrogen) atoms. The molecule has 0 saturated carbocycles. The van der Waals surface area contributed by atoms with Gasteiger partial charge in [-0.3, -0.25) is 0 Å². The fourth-order valence-electron chi connectivity index (χ4n) is 1.85. The predicted octanol–water partition coefficient (Wildman–Crippen LogP) is 1.43. The first-order valence-corrected chi connectivity index (χ1v) is 8.98. The monoisotopic (exact) mass is 373 g/mol. The fourth-order valence-corrected chi connectivity index (χ4v) is 3.07. The summed E-state index contributed by atoms with van der Waals surface area (Å²) in [4.78, 5) is 0. The minimum absolute atomic E-state index is 0.00404. The molecule has 2 N–H and O–H groups in total. The second-order valence-corrected chi connectivity index (χ2v) is 8.02. The molecule has 0 amide bonds. The van der Waals surface area contributed by atoms with Crippen molar-refractivity contribution in [1.82, 2.24) is 20.2 Å². The summed E-state index contributed by atoms with van der Waals surface area (Å²) in [6, 6.07) is 3.66. The average molecular weight is 374 g/mol. The van der Waals surface area contributed by atoms with E-state index >= 15 is 0 Å². The average Bonchev–Trinajstić information content (AvgIpc) is 2.89. The van der Waals surface area contributed by atoms with Crippen LogP contribution in [-0.4, -0.2) is 40.1 Å². The zero-order chi connectivity index (χ0) is 15.6. The van der Waals surface area contributed by atoms with Crippen LogP contribution in [0.4, 0.5) is 5.69 Å². The lowest BCUT2D eigenvalue weighted by molar-refractivity contribution is 0.577. The number of tetrazole rings is 1. The number of halogens is 1. The Kier molecular flexibility index (Phi) is 4.62. The Balaban J connectivity index is 2.37. The third-order valence-electron chi connectivity index (χ3n) is 3.24. The van der Waals surface area contributed by atoms with Crippen molar-refractivity contribution in [2.75, 3.05) is 17.2 Å². The van der Waals surface area contributed by atoms with Gasteiger partial charge in [0.05, 0.1) is 12.3 Å². The van der Waals surface area contributed by atoms with Crippen LogP contribution in [0.3, 0.4) is 0 Å². The SMILES string of the molecule is CCS(=O)(=O)CCn1nnnc1-c1cc(Br)cc(N)c1C. The van der Waals surface area contributed by atoms with Crippen molar-refractivity contribution in [2.45, 2.75) is 20.4 Å². The largest absolute Gasteiger partial charge is 0.398 e. The van der Waals surface area contributed by atoms with Crippen molar-refractivity contribution in [1.29, 1.82) is 0 Å². The van der Waals surface area contributed by atoms with E-state index in [-0.39, 0.29) is 18.1 Å². The molecule has 0 radical (unpaired) electrons. The Morgan fingerprint density at radius 1 is 1.38 bits per heavy atom. The van der Waals surface area contributed by atoms with Crippen LogP contribution in [0, 0.1) is 6.92 Å². The zero-order valence-corrected chi connectivity index (χ0v) is 14.1. The van der Waals surface area contributed by atoms with Gasteiger partial charge in [0, 0.05) is 21.5 Å². The maximum atomic E-state index is 11.6. The Morgan fingerprint density at radius 2 is 2.10 bits per heavy atom. The Hall–Kier alpha value is -1.48. The van der Waals surface area contributed by atoms with E-state index in [4.69, 9.17) is 5.73 Å². The van der Waals surface area contributed by atoms with E-state index in [1.165, 1.54) is 4.68 Å². The highest BCUT2D eigenvalue weighted by Gasteiger charge is 2.16. The van der Waals surface area contributed by atoms with Gasteiger partial charge >= 0.3 is 0 Å². The van der Waals surface area contributed by atoms with Crippen molar-refractivity contribution in [3.05, 3.63) is 22.2 Å². The highest BCUT2D eigenvalue weighted by molar-refractivity contribution is 9.10. The smallest absolute Gasteiger partial charge is 0.182 e. The van der Waals surface area contributed by atoms with Gasteiger partial charge in [0.1, 0.15) is 0 Å². The Bertz CT molecular complexity index is 757. The number of anilines is 1. The van der Waals surface area contributed by atoms with E-state index in [2.05, 4.69) is 31.5 Å². The zero-order valence-electron chi connectivity index (χ0n) is 11.7. The van der Waals surface area contributed by atoms with Crippen LogP contribution >= 0.6 is 15.9 Å². The lowest BCUT2D eigenvalue weighted by Gasteiger charge is -2.10. The van der Waals surface area contributed by atoms with Gasteiger partial charge in [-0.15, -0.1) is 5.10 Å². The molecule has 114 valence electrons. The lowest BCUT2D eigenvalue weighted by Crippen LogP contribution is -2.16. The number of nitrogens with zero attached hydrogens (tertiary/aromatic N) is 4. The summed E-state index contributed by atoms with van der Waals surface area (Å²) in [7, 11) is -3.07. The molecule has 2 aromatic rings. The molecule has 0 aliphatic heterocycles. The number of aromatic nitrogens is 4. The molecule has 0 spiro atoms. The molecule has 0 fully saturated rings. The molecule has 0 unspecified atom stereocenters. The quantitative estimate of drug-likeness (QED) is 0.794. The van der Waals surface area contributed by atoms with Gasteiger partial charge in [-0.25, -0.2) is 13.1 Å². The van der Waals surface area contributed by atoms with Gasteiger partial charge in [-0.05, 0) is 35.0 Å². The van der Waals surface area contributed by atoms with Gasteiger partial charge in [-0.1, -0.05) is 22.9 Å². The molecule has 0 bridgehead atoms. The molecule has 9 heteroatoms. The molecule has 0 saturated heterocycles. The lowest BCUT2D eigenvalue weighted by atomic mass is 10.1. The van der Waals surface area contributed by atoms with Gasteiger partial charge in [0.25, 0.3) is 0 Å². The summed E-state index contributed by atoms with van der Waals surface area (Å²) in [6.07, 6.45) is 0. The van der Waals surface area contributed by atoms with E-state index in [1.54, 1.807) is 13.0 Å². The maximum absolute atomic E-state index is 11.6. The maximum Gasteiger partial charge on any atom is 0.182 e. The van der Waals surface area contributed by atoms with E-state index in [0.717, 1.165) is 15.6 Å². The normalized spacial score (nSPS) is 11.8. The molecule has 0 aliphatic carbocycles. The van der Waals surface area contributed by atoms with Crippen molar-refractivity contribution in [2.24, 2.45) is 0 Å². The number of benzene rings is 1. The molecular weight excluding hydrogens is 358 g/mol. The summed E-state index contributed by atoms with van der Waals surface area (Å²) in [6.45, 7) is 3.71. The Morgan fingerprint density at radius 3 is 2.76 bits per heavy atom. The minimum atomic E-state index is -3.07. The molecule has 7 nitrogen and oxygen atoms in total. The summed E-state index contributed by atoms with van der Waals surface area (Å²) < 4.78 is 25.5. The third-order valence-corrected chi connectivity index (χ3v) is 5.38. The summed E-state index contributed by atoms with van der Waals surface area (Å²) >= 11 is 3.39. The van der Waals surface area contributed by atoms with Crippen LogP contribution in [0.2, 0.25) is 0 Å². The number of rotatable bonds is 5. The fraction of sp³-hybridized carbons (Fsp3) is 0.417. The first-order valence-electron chi connectivity index (χ1n) is 6.36. The third kappa shape index (κ3) is 3.59. The Labute approximate surface area is 131 Å². The minimum Gasteiger partial charge on any atom is -0.398 e. The van der Waals surface area contributed by atoms with E-state index < -0.39 is 9.84 Å². The molecule has 0 aliphatic rings. The van der Waals surface area contributed by atoms with Gasteiger partial charge in [0.2, 0.25) is 0 Å². The molecule has 2 rings (SSSR count). The van der Waals surface area contributed by atoms with E-state index in [0.29, 0.717) is 11.5 Å². The number of nitrogens with two attached hydrogens (primary N) is 1. The molecule has 0 atom stereocenters. The highest BCUT2D eigenvalue weighted by Crippen LogP contribution is 2.29. The van der Waals surface area contributed by atoms with Crippen LogP contribution in [0.15, 0.2) is 16.6 Å². The van der Waals surface area contributed by atoms with Crippen LogP contribution in [-0.2, 0) is 16.4 Å². The van der Waals surface area contributed by atoms with Crippen LogP contribution in [0.5, 0.6) is 0 Å². The van der Waals surface area contributed by atoms with Crippen molar-refractivity contribution >= 4 is 31.5 Å². The predicted molar refractivity (Wildman–Crippen MR) is 84.4 cm³/mol. The van der Waals surface area contributed by atoms with Crippen molar-refractivity contribution in [3.8, 4) is 11.4 Å². The standard InChI is InChI=1S/C12H16BrN5O2S/c1-3-21(19,20)5-4-18-12(15-16-17-18)10-6-9(13)7-11(14)8(10)2/h6-7H,3-5,14H2,1-2H3. The second kappa shape index (κ2) is 6.10. The van der Waals surface area contributed by atoms with Crippen LogP contribution < -0.4 is 5.73 Å². The van der Waals surface area contributed by atoms with Gasteiger partial charge < -0.3 is 5.73 Å². The van der Waals surface area contributed by atoms with Gasteiger partial charge in [0.15, 0.2) is 15.7 Å². The molecule has 1 heterocycles. The van der Waals surface area contributed by atoms with Crippen LogP contribution in [0.25, 0.3) is 11.4 Å². The molecule has 1 aromatic heterocycles. The topological polar surface area (TPSA) is 104 Å². The number of aryl methyl sites for hydroxylation is 1. The highest BCUT2D eigenvalue weighted by atomic mass is 79.9. The van der Waals surface area contributed by atoms with Crippen molar-refractivity contribution < 1.29 is 8.42 Å². The summed E-state index contributed by atoms with van der Waals surface area (Å²) in [5, 5.41) is 11.5.